The molecule has 0 amide bonds. The molecule has 1 aromatic heterocycles. The second-order valence-corrected chi connectivity index (χ2v) is 3.09. The van der Waals surface area contributed by atoms with E-state index in [1.807, 2.05) is 0 Å². The van der Waals surface area contributed by atoms with Gasteiger partial charge in [-0.1, -0.05) is 0 Å². The Morgan fingerprint density at radius 2 is 2.12 bits per heavy atom. The van der Waals surface area contributed by atoms with Gasteiger partial charge >= 0.3 is 5.97 Å². The Balaban J connectivity index is 2.61. The number of aromatic carboxylic acids is 1. The number of aromatic nitrogens is 2. The zero-order valence-corrected chi connectivity index (χ0v) is 8.09. The fraction of sp³-hybridized carbons (Fsp3) is 0. The first-order chi connectivity index (χ1) is 7.68. The number of halogens is 1. The molecule has 0 atom stereocenters. The van der Waals surface area contributed by atoms with Gasteiger partial charge in [0.25, 0.3) is 0 Å². The molecule has 0 spiro atoms. The standard InChI is InChI=1S/C11H7FN2O2/c12-7-1-2-8(9(5-7)11(15)16)10-3-4-13-6-14-10/h1-6H,(H,15,16). The molecule has 16 heavy (non-hydrogen) atoms. The van der Waals surface area contributed by atoms with Crippen LogP contribution in [0.5, 0.6) is 0 Å². The van der Waals surface area contributed by atoms with Gasteiger partial charge in [-0.25, -0.2) is 19.2 Å². The fourth-order valence-electron chi connectivity index (χ4n) is 1.37. The third-order valence-electron chi connectivity index (χ3n) is 2.07. The van der Waals surface area contributed by atoms with E-state index in [4.69, 9.17) is 5.11 Å². The van der Waals surface area contributed by atoms with E-state index in [9.17, 15) is 9.18 Å². The van der Waals surface area contributed by atoms with Gasteiger partial charge in [0, 0.05) is 11.8 Å². The molecule has 5 heteroatoms. The van der Waals surface area contributed by atoms with Gasteiger partial charge in [-0.05, 0) is 24.3 Å². The maximum absolute atomic E-state index is 12.9. The molecule has 0 aliphatic rings. The van der Waals surface area contributed by atoms with Crippen LogP contribution in [-0.4, -0.2) is 21.0 Å². The summed E-state index contributed by atoms with van der Waals surface area (Å²) in [6.45, 7) is 0. The number of hydrogen-bond donors (Lipinski definition) is 1. The molecule has 0 radical (unpaired) electrons. The lowest BCUT2D eigenvalue weighted by Gasteiger charge is -2.04. The molecule has 0 aliphatic carbocycles. The predicted molar refractivity (Wildman–Crippen MR) is 54.4 cm³/mol. The number of carbonyl (C=O) groups is 1. The summed E-state index contributed by atoms with van der Waals surface area (Å²) in [5.74, 6) is -1.77. The Hall–Kier alpha value is -2.30. The molecule has 80 valence electrons. The van der Waals surface area contributed by atoms with Crippen molar-refractivity contribution in [3.63, 3.8) is 0 Å². The summed E-state index contributed by atoms with van der Waals surface area (Å²) in [5.41, 5.74) is 0.711. The van der Waals surface area contributed by atoms with Crippen molar-refractivity contribution in [2.45, 2.75) is 0 Å². The normalized spacial score (nSPS) is 10.1. The second-order valence-electron chi connectivity index (χ2n) is 3.09. The fourth-order valence-corrected chi connectivity index (χ4v) is 1.37. The molecule has 1 N–H and O–H groups in total. The zero-order chi connectivity index (χ0) is 11.5. The van der Waals surface area contributed by atoms with E-state index in [1.165, 1.54) is 24.7 Å². The molecule has 0 saturated heterocycles. The van der Waals surface area contributed by atoms with Crippen LogP contribution in [0, 0.1) is 5.82 Å². The first-order valence-electron chi connectivity index (χ1n) is 4.47. The third-order valence-corrected chi connectivity index (χ3v) is 2.07. The lowest BCUT2D eigenvalue weighted by molar-refractivity contribution is 0.0697. The van der Waals surface area contributed by atoms with Crippen molar-refractivity contribution in [3.05, 3.63) is 48.2 Å². The summed E-state index contributed by atoms with van der Waals surface area (Å²) in [4.78, 5) is 18.6. The first kappa shape index (κ1) is 10.2. The van der Waals surface area contributed by atoms with Crippen molar-refractivity contribution < 1.29 is 14.3 Å². The Kier molecular flexibility index (Phi) is 2.59. The second kappa shape index (κ2) is 4.06. The van der Waals surface area contributed by atoms with Gasteiger partial charge in [-0.2, -0.15) is 0 Å². The van der Waals surface area contributed by atoms with Gasteiger partial charge in [0.05, 0.1) is 11.3 Å². The molecule has 1 heterocycles. The Labute approximate surface area is 90.4 Å². The Morgan fingerprint density at radius 3 is 2.75 bits per heavy atom. The lowest BCUT2D eigenvalue weighted by Crippen LogP contribution is -2.01. The first-order valence-corrected chi connectivity index (χ1v) is 4.47. The van der Waals surface area contributed by atoms with Crippen LogP contribution >= 0.6 is 0 Å². The van der Waals surface area contributed by atoms with Crippen LogP contribution in [0.2, 0.25) is 0 Å². The molecular weight excluding hydrogens is 211 g/mol. The molecule has 0 saturated carbocycles. The van der Waals surface area contributed by atoms with E-state index >= 15 is 0 Å². The van der Waals surface area contributed by atoms with Crippen LogP contribution in [0.3, 0.4) is 0 Å². The topological polar surface area (TPSA) is 63.1 Å². The van der Waals surface area contributed by atoms with Crippen molar-refractivity contribution in [3.8, 4) is 11.3 Å². The molecule has 0 unspecified atom stereocenters. The minimum absolute atomic E-state index is 0.112. The summed E-state index contributed by atoms with van der Waals surface area (Å²) in [7, 11) is 0. The van der Waals surface area contributed by atoms with E-state index in [-0.39, 0.29) is 5.56 Å². The van der Waals surface area contributed by atoms with E-state index in [0.717, 1.165) is 6.07 Å². The molecule has 2 aromatic rings. The highest BCUT2D eigenvalue weighted by molar-refractivity contribution is 5.95. The van der Waals surface area contributed by atoms with Gasteiger partial charge in [0.1, 0.15) is 12.1 Å². The van der Waals surface area contributed by atoms with Crippen molar-refractivity contribution in [2.24, 2.45) is 0 Å². The van der Waals surface area contributed by atoms with Gasteiger partial charge in [-0.3, -0.25) is 0 Å². The summed E-state index contributed by atoms with van der Waals surface area (Å²) in [6, 6.07) is 5.13. The van der Waals surface area contributed by atoms with E-state index in [2.05, 4.69) is 9.97 Å². The lowest BCUT2D eigenvalue weighted by atomic mass is 10.0. The average molecular weight is 218 g/mol. The van der Waals surface area contributed by atoms with Crippen molar-refractivity contribution in [1.29, 1.82) is 0 Å². The summed E-state index contributed by atoms with van der Waals surface area (Å²) in [5, 5.41) is 8.94. The Bertz CT molecular complexity index is 529. The van der Waals surface area contributed by atoms with Crippen molar-refractivity contribution in [1.82, 2.24) is 9.97 Å². The summed E-state index contributed by atoms with van der Waals surface area (Å²) < 4.78 is 12.9. The van der Waals surface area contributed by atoms with Crippen molar-refractivity contribution >= 4 is 5.97 Å². The van der Waals surface area contributed by atoms with Gasteiger partial charge in [0.2, 0.25) is 0 Å². The van der Waals surface area contributed by atoms with Gasteiger partial charge in [-0.15, -0.1) is 0 Å². The summed E-state index contributed by atoms with van der Waals surface area (Å²) >= 11 is 0. The number of rotatable bonds is 2. The average Bonchev–Trinajstić information content (AvgIpc) is 2.30. The van der Waals surface area contributed by atoms with Gasteiger partial charge < -0.3 is 5.11 Å². The van der Waals surface area contributed by atoms with Crippen LogP contribution in [-0.2, 0) is 0 Å². The van der Waals surface area contributed by atoms with E-state index in [1.54, 1.807) is 6.07 Å². The monoisotopic (exact) mass is 218 g/mol. The number of carboxylic acid groups (broad SMARTS) is 1. The molecular formula is C11H7FN2O2. The number of benzene rings is 1. The third kappa shape index (κ3) is 1.88. The highest BCUT2D eigenvalue weighted by Gasteiger charge is 2.13. The highest BCUT2D eigenvalue weighted by atomic mass is 19.1. The van der Waals surface area contributed by atoms with Crippen LogP contribution in [0.1, 0.15) is 10.4 Å². The molecule has 1 aromatic carbocycles. The maximum atomic E-state index is 12.9. The van der Waals surface area contributed by atoms with Gasteiger partial charge in [0.15, 0.2) is 0 Å². The molecule has 2 rings (SSSR count). The smallest absolute Gasteiger partial charge is 0.336 e. The number of hydrogen-bond acceptors (Lipinski definition) is 3. The summed E-state index contributed by atoms with van der Waals surface area (Å²) in [6.07, 6.45) is 2.81. The van der Waals surface area contributed by atoms with Crippen molar-refractivity contribution in [2.75, 3.05) is 0 Å². The maximum Gasteiger partial charge on any atom is 0.336 e. The Morgan fingerprint density at radius 1 is 1.31 bits per heavy atom. The molecule has 0 bridgehead atoms. The molecule has 0 fully saturated rings. The molecule has 4 nitrogen and oxygen atoms in total. The predicted octanol–water partition coefficient (Wildman–Crippen LogP) is 1.98. The number of nitrogens with zero attached hydrogens (tertiary/aromatic N) is 2. The van der Waals surface area contributed by atoms with Crippen LogP contribution in [0.15, 0.2) is 36.8 Å². The number of carboxylic acids is 1. The van der Waals surface area contributed by atoms with Crippen LogP contribution in [0.4, 0.5) is 4.39 Å². The van der Waals surface area contributed by atoms with E-state index in [0.29, 0.717) is 11.3 Å². The molecule has 0 aliphatic heterocycles. The SMILES string of the molecule is O=C(O)c1cc(F)ccc1-c1ccncn1. The van der Waals surface area contributed by atoms with E-state index < -0.39 is 11.8 Å². The van der Waals surface area contributed by atoms with Crippen LogP contribution in [0.25, 0.3) is 11.3 Å². The van der Waals surface area contributed by atoms with Crippen LogP contribution < -0.4 is 0 Å². The largest absolute Gasteiger partial charge is 0.478 e. The minimum atomic E-state index is -1.19. The quantitative estimate of drug-likeness (QED) is 0.837. The zero-order valence-electron chi connectivity index (χ0n) is 8.09. The highest BCUT2D eigenvalue weighted by Crippen LogP contribution is 2.22. The minimum Gasteiger partial charge on any atom is -0.478 e.